The lowest BCUT2D eigenvalue weighted by Gasteiger charge is -2.20. The van der Waals surface area contributed by atoms with Crippen molar-refractivity contribution in [3.05, 3.63) is 0 Å². The number of hydrogen-bond acceptors (Lipinski definition) is 6. The Morgan fingerprint density at radius 1 is 0.708 bits per heavy atom. The fourth-order valence-electron chi connectivity index (χ4n) is 1.61. The van der Waals surface area contributed by atoms with Crippen LogP contribution in [0.5, 0.6) is 0 Å². The number of alkyl halides is 4. The molecular formula is C14H22Cl4O6. The molecule has 0 amide bonds. The molecule has 0 saturated heterocycles. The summed E-state index contributed by atoms with van der Waals surface area (Å²) in [5, 5.41) is 0. The van der Waals surface area contributed by atoms with Gasteiger partial charge in [-0.3, -0.25) is 0 Å². The fraction of sp³-hybridized carbons (Fsp3) is 0.857. The molecule has 10 heteroatoms. The van der Waals surface area contributed by atoms with Gasteiger partial charge in [0.25, 0.3) is 9.04 Å². The van der Waals surface area contributed by atoms with Crippen LogP contribution in [-0.2, 0) is 19.2 Å². The summed E-state index contributed by atoms with van der Waals surface area (Å²) in [6.45, 7) is 3.99. The zero-order valence-corrected chi connectivity index (χ0v) is 16.6. The molecule has 0 saturated carbocycles. The lowest BCUT2D eigenvalue weighted by atomic mass is 10.2. The lowest BCUT2D eigenvalue weighted by molar-refractivity contribution is -0.223. The number of ether oxygens (including phenoxy) is 2. The number of hydrogen-bond donors (Lipinski definition) is 0. The van der Waals surface area contributed by atoms with Gasteiger partial charge in [0, 0.05) is 12.8 Å². The average molecular weight is 428 g/mol. The Morgan fingerprint density at radius 2 is 1.04 bits per heavy atom. The Labute approximate surface area is 161 Å². The third-order valence-corrected chi connectivity index (χ3v) is 3.85. The summed E-state index contributed by atoms with van der Waals surface area (Å²) >= 11 is 23.2. The van der Waals surface area contributed by atoms with Gasteiger partial charge in [-0.05, 0) is 12.8 Å². The Kier molecular flexibility index (Phi) is 12.0. The Bertz CT molecular complexity index is 353. The molecule has 0 aromatic heterocycles. The van der Waals surface area contributed by atoms with Gasteiger partial charge >= 0.3 is 12.3 Å². The maximum atomic E-state index is 11.4. The maximum Gasteiger partial charge on any atom is 0.552 e. The van der Waals surface area contributed by atoms with Gasteiger partial charge in [0.2, 0.25) is 0 Å². The second-order valence-electron chi connectivity index (χ2n) is 5.06. The molecule has 0 aromatic carbocycles. The van der Waals surface area contributed by atoms with Crippen molar-refractivity contribution < 1.29 is 28.8 Å². The van der Waals surface area contributed by atoms with Crippen LogP contribution in [0.1, 0.15) is 65.2 Å². The molecule has 0 aliphatic heterocycles. The highest BCUT2D eigenvalue weighted by Gasteiger charge is 2.32. The minimum absolute atomic E-state index is 0.202. The number of halogens is 4. The third kappa shape index (κ3) is 13.0. The minimum Gasteiger partial charge on any atom is -0.395 e. The van der Waals surface area contributed by atoms with Crippen molar-refractivity contribution in [3.63, 3.8) is 0 Å². The zero-order chi connectivity index (χ0) is 18.6. The van der Waals surface area contributed by atoms with Crippen molar-refractivity contribution in [2.24, 2.45) is 0 Å². The van der Waals surface area contributed by atoms with Crippen LogP contribution in [0.25, 0.3) is 0 Å². The summed E-state index contributed by atoms with van der Waals surface area (Å²) in [4.78, 5) is 30.9. The first-order chi connectivity index (χ1) is 11.1. The molecule has 0 atom stereocenters. The van der Waals surface area contributed by atoms with Crippen LogP contribution < -0.4 is 0 Å². The van der Waals surface area contributed by atoms with Crippen LogP contribution in [0.4, 0.5) is 9.59 Å². The Morgan fingerprint density at radius 3 is 1.33 bits per heavy atom. The standard InChI is InChI=1S/C14H22Cl4O6/c1-3-5-7-9-13(15,16)21-11(19)23-24-12(20)22-14(17,18)10-8-6-4-2/h3-10H2,1-2H3. The molecular weight excluding hydrogens is 406 g/mol. The van der Waals surface area contributed by atoms with E-state index in [2.05, 4.69) is 19.2 Å². The number of rotatable bonds is 10. The summed E-state index contributed by atoms with van der Waals surface area (Å²) in [6.07, 6.45) is 2.54. The minimum atomic E-state index is -1.78. The molecule has 142 valence electrons. The largest absolute Gasteiger partial charge is 0.552 e. The molecule has 0 N–H and O–H groups in total. The van der Waals surface area contributed by atoms with E-state index >= 15 is 0 Å². The molecule has 0 aliphatic rings. The highest BCUT2D eigenvalue weighted by molar-refractivity contribution is 6.48. The molecule has 0 aromatic rings. The van der Waals surface area contributed by atoms with Crippen LogP contribution in [0.2, 0.25) is 0 Å². The van der Waals surface area contributed by atoms with Gasteiger partial charge in [0.05, 0.1) is 0 Å². The van der Waals surface area contributed by atoms with Crippen LogP contribution in [-0.4, -0.2) is 21.3 Å². The van der Waals surface area contributed by atoms with E-state index in [1.54, 1.807) is 0 Å². The number of unbranched alkanes of at least 4 members (excludes halogenated alkanes) is 4. The van der Waals surface area contributed by atoms with Gasteiger partial charge in [-0.15, -0.1) is 0 Å². The van der Waals surface area contributed by atoms with Gasteiger partial charge in [0.1, 0.15) is 0 Å². The van der Waals surface area contributed by atoms with Crippen molar-refractivity contribution in [3.8, 4) is 0 Å². The van der Waals surface area contributed by atoms with Gasteiger partial charge in [-0.1, -0.05) is 85.9 Å². The summed E-state index contributed by atoms with van der Waals surface area (Å²) in [5.41, 5.74) is 0. The van der Waals surface area contributed by atoms with E-state index in [4.69, 9.17) is 46.4 Å². The number of carbonyl (C=O) groups is 2. The maximum absolute atomic E-state index is 11.4. The molecule has 0 fully saturated rings. The first-order valence-corrected chi connectivity index (χ1v) is 9.19. The Hall–Kier alpha value is -0.300. The van der Waals surface area contributed by atoms with Crippen molar-refractivity contribution >= 4 is 58.7 Å². The van der Waals surface area contributed by atoms with Gasteiger partial charge in [0.15, 0.2) is 0 Å². The molecule has 0 heterocycles. The van der Waals surface area contributed by atoms with Crippen molar-refractivity contribution in [1.29, 1.82) is 0 Å². The first kappa shape index (κ1) is 23.7. The van der Waals surface area contributed by atoms with Gasteiger partial charge < -0.3 is 9.47 Å². The average Bonchev–Trinajstić information content (AvgIpc) is 2.44. The highest BCUT2D eigenvalue weighted by Crippen LogP contribution is 2.31. The molecule has 6 nitrogen and oxygen atoms in total. The monoisotopic (exact) mass is 426 g/mol. The fourth-order valence-corrected chi connectivity index (χ4v) is 2.40. The smallest absolute Gasteiger partial charge is 0.395 e. The van der Waals surface area contributed by atoms with E-state index < -0.39 is 21.3 Å². The molecule has 24 heavy (non-hydrogen) atoms. The second kappa shape index (κ2) is 12.1. The van der Waals surface area contributed by atoms with E-state index in [-0.39, 0.29) is 12.8 Å². The molecule has 0 spiro atoms. The summed E-state index contributed by atoms with van der Waals surface area (Å²) < 4.78 is 5.68. The highest BCUT2D eigenvalue weighted by atomic mass is 35.5. The summed E-state index contributed by atoms with van der Waals surface area (Å²) in [6, 6.07) is 0. The molecule has 0 bridgehead atoms. The van der Waals surface area contributed by atoms with Crippen molar-refractivity contribution in [2.45, 2.75) is 74.3 Å². The van der Waals surface area contributed by atoms with E-state index in [1.165, 1.54) is 0 Å². The van der Waals surface area contributed by atoms with Crippen LogP contribution in [0.15, 0.2) is 0 Å². The molecule has 0 radical (unpaired) electrons. The lowest BCUT2D eigenvalue weighted by Crippen LogP contribution is -2.27. The van der Waals surface area contributed by atoms with Crippen molar-refractivity contribution in [2.75, 3.05) is 0 Å². The predicted octanol–water partition coefficient (Wildman–Crippen LogP) is 6.63. The van der Waals surface area contributed by atoms with Crippen LogP contribution >= 0.6 is 46.4 Å². The van der Waals surface area contributed by atoms with E-state index in [0.29, 0.717) is 12.8 Å². The van der Waals surface area contributed by atoms with Gasteiger partial charge in [-0.25, -0.2) is 0 Å². The molecule has 0 unspecified atom stereocenters. The normalized spacial score (nSPS) is 11.8. The molecule has 0 rings (SSSR count). The van der Waals surface area contributed by atoms with Crippen LogP contribution in [0, 0.1) is 0 Å². The Balaban J connectivity index is 4.10. The SMILES string of the molecule is CCCCCC(Cl)(Cl)OC(=O)OOC(=O)OC(Cl)(Cl)CCCCC. The third-order valence-electron chi connectivity index (χ3n) is 2.79. The van der Waals surface area contributed by atoms with Gasteiger partial charge in [-0.2, -0.15) is 19.4 Å². The molecule has 0 aliphatic carbocycles. The summed E-state index contributed by atoms with van der Waals surface area (Å²) in [7, 11) is 0. The van der Waals surface area contributed by atoms with E-state index in [9.17, 15) is 9.59 Å². The zero-order valence-electron chi connectivity index (χ0n) is 13.6. The predicted molar refractivity (Wildman–Crippen MR) is 92.3 cm³/mol. The topological polar surface area (TPSA) is 71.1 Å². The van der Waals surface area contributed by atoms with Crippen molar-refractivity contribution in [1.82, 2.24) is 0 Å². The summed E-state index contributed by atoms with van der Waals surface area (Å²) in [5.74, 6) is 0. The van der Waals surface area contributed by atoms with E-state index in [1.807, 2.05) is 13.8 Å². The first-order valence-electron chi connectivity index (χ1n) is 7.68. The van der Waals surface area contributed by atoms with Crippen LogP contribution in [0.3, 0.4) is 0 Å². The quantitative estimate of drug-likeness (QED) is 0.128. The van der Waals surface area contributed by atoms with E-state index in [0.717, 1.165) is 25.7 Å². The number of carbonyl (C=O) groups excluding carboxylic acids is 2. The second-order valence-corrected chi connectivity index (χ2v) is 7.89.